The van der Waals surface area contributed by atoms with Gasteiger partial charge in [-0.15, -0.1) is 0 Å². The van der Waals surface area contributed by atoms with Crippen molar-refractivity contribution in [1.82, 2.24) is 4.98 Å². The van der Waals surface area contributed by atoms with Gasteiger partial charge in [-0.3, -0.25) is 24.7 Å². The summed E-state index contributed by atoms with van der Waals surface area (Å²) in [5.74, 6) is -1.55. The van der Waals surface area contributed by atoms with Gasteiger partial charge in [-0.05, 0) is 6.07 Å². The maximum absolute atomic E-state index is 11.4. The predicted molar refractivity (Wildman–Crippen MR) is 61.2 cm³/mol. The van der Waals surface area contributed by atoms with Crippen molar-refractivity contribution in [3.05, 3.63) is 28.6 Å². The van der Waals surface area contributed by atoms with E-state index in [4.69, 9.17) is 5.11 Å². The van der Waals surface area contributed by atoms with Crippen molar-refractivity contribution in [2.45, 2.75) is 13.3 Å². The molecule has 0 atom stereocenters. The second-order valence-corrected chi connectivity index (χ2v) is 3.44. The second kappa shape index (κ2) is 5.71. The number of aliphatic carboxylic acids is 1. The zero-order chi connectivity index (χ0) is 13.7. The Morgan fingerprint density at radius 3 is 2.72 bits per heavy atom. The van der Waals surface area contributed by atoms with Gasteiger partial charge >= 0.3 is 11.7 Å². The smallest absolute Gasteiger partial charge is 0.311 e. The molecule has 1 heterocycles. The molecule has 0 saturated heterocycles. The molecular formula is C10H11N3O5. The maximum atomic E-state index is 11.4. The molecule has 0 aromatic carbocycles. The average Bonchev–Trinajstić information content (AvgIpc) is 2.28. The fourth-order valence-electron chi connectivity index (χ4n) is 1.40. The molecule has 0 unspecified atom stereocenters. The van der Waals surface area contributed by atoms with Gasteiger partial charge in [0.05, 0.1) is 11.3 Å². The Hall–Kier alpha value is -2.51. The van der Waals surface area contributed by atoms with Crippen LogP contribution in [0.1, 0.15) is 13.3 Å². The van der Waals surface area contributed by atoms with Gasteiger partial charge in [0.1, 0.15) is 11.9 Å². The van der Waals surface area contributed by atoms with Crippen LogP contribution in [-0.2, 0) is 9.59 Å². The molecule has 1 rings (SSSR count). The van der Waals surface area contributed by atoms with Crippen molar-refractivity contribution in [2.24, 2.45) is 0 Å². The number of rotatable bonds is 5. The standard InChI is InChI=1S/C10H11N3O5/c1-7(14)12(5-3-10(15)16)8-2-4-11-6-9(8)13(17)18/h2,4,6H,3,5H2,1H3,(H,15,16). The van der Waals surface area contributed by atoms with Gasteiger partial charge in [0.25, 0.3) is 0 Å². The van der Waals surface area contributed by atoms with Gasteiger partial charge < -0.3 is 10.0 Å². The number of anilines is 1. The molecule has 96 valence electrons. The van der Waals surface area contributed by atoms with Crippen LogP contribution in [0.15, 0.2) is 18.5 Å². The Bertz CT molecular complexity index is 488. The molecule has 0 bridgehead atoms. The lowest BCUT2D eigenvalue weighted by Gasteiger charge is -2.19. The van der Waals surface area contributed by atoms with E-state index < -0.39 is 16.8 Å². The molecule has 1 amide bonds. The molecule has 1 aromatic heterocycles. The molecule has 0 aliphatic heterocycles. The number of nitro groups is 1. The maximum Gasteiger partial charge on any atom is 0.311 e. The highest BCUT2D eigenvalue weighted by Gasteiger charge is 2.22. The zero-order valence-electron chi connectivity index (χ0n) is 9.57. The van der Waals surface area contributed by atoms with Crippen molar-refractivity contribution in [3.8, 4) is 0 Å². The van der Waals surface area contributed by atoms with E-state index in [-0.39, 0.29) is 24.3 Å². The normalized spacial score (nSPS) is 9.83. The zero-order valence-corrected chi connectivity index (χ0v) is 9.57. The Kier molecular flexibility index (Phi) is 4.30. The third kappa shape index (κ3) is 3.24. The highest BCUT2D eigenvalue weighted by Crippen LogP contribution is 2.26. The highest BCUT2D eigenvalue weighted by atomic mass is 16.6. The summed E-state index contributed by atoms with van der Waals surface area (Å²) in [5.41, 5.74) is -0.290. The molecule has 0 saturated carbocycles. The van der Waals surface area contributed by atoms with Crippen LogP contribution >= 0.6 is 0 Å². The Labute approximate surface area is 102 Å². The van der Waals surface area contributed by atoms with Crippen LogP contribution in [0.3, 0.4) is 0 Å². The number of amides is 1. The van der Waals surface area contributed by atoms with Crippen molar-refractivity contribution >= 4 is 23.3 Å². The SMILES string of the molecule is CC(=O)N(CCC(=O)O)c1ccncc1[N+](=O)[O-]. The monoisotopic (exact) mass is 253 g/mol. The van der Waals surface area contributed by atoms with Crippen LogP contribution < -0.4 is 4.90 Å². The Morgan fingerprint density at radius 2 is 2.22 bits per heavy atom. The molecule has 18 heavy (non-hydrogen) atoms. The number of nitrogens with zero attached hydrogens (tertiary/aromatic N) is 3. The summed E-state index contributed by atoms with van der Waals surface area (Å²) in [6.07, 6.45) is 2.03. The Morgan fingerprint density at radius 1 is 1.56 bits per heavy atom. The molecular weight excluding hydrogens is 242 g/mol. The third-order valence-electron chi connectivity index (χ3n) is 2.19. The van der Waals surface area contributed by atoms with Crippen molar-refractivity contribution in [1.29, 1.82) is 0 Å². The lowest BCUT2D eigenvalue weighted by Crippen LogP contribution is -2.31. The van der Waals surface area contributed by atoms with Crippen LogP contribution in [-0.4, -0.2) is 33.4 Å². The van der Waals surface area contributed by atoms with Crippen molar-refractivity contribution < 1.29 is 19.6 Å². The number of pyridine rings is 1. The van der Waals surface area contributed by atoms with E-state index in [0.29, 0.717) is 0 Å². The summed E-state index contributed by atoms with van der Waals surface area (Å²) in [6, 6.07) is 1.31. The summed E-state index contributed by atoms with van der Waals surface area (Å²) >= 11 is 0. The minimum Gasteiger partial charge on any atom is -0.481 e. The highest BCUT2D eigenvalue weighted by molar-refractivity contribution is 5.94. The number of carbonyl (C=O) groups excluding carboxylic acids is 1. The topological polar surface area (TPSA) is 114 Å². The minimum absolute atomic E-state index is 0.0451. The molecule has 0 aliphatic carbocycles. The number of carbonyl (C=O) groups is 2. The van der Waals surface area contributed by atoms with Gasteiger partial charge in [-0.2, -0.15) is 0 Å². The van der Waals surface area contributed by atoms with Crippen molar-refractivity contribution in [2.75, 3.05) is 11.4 Å². The van der Waals surface area contributed by atoms with E-state index >= 15 is 0 Å². The predicted octanol–water partition coefficient (Wildman–Crippen LogP) is 0.817. The number of hydrogen-bond acceptors (Lipinski definition) is 5. The number of carboxylic acid groups (broad SMARTS) is 1. The molecule has 1 aromatic rings. The number of aromatic nitrogens is 1. The molecule has 8 heteroatoms. The van der Waals surface area contributed by atoms with Crippen LogP contribution in [0.5, 0.6) is 0 Å². The van der Waals surface area contributed by atoms with E-state index in [1.54, 1.807) is 0 Å². The molecule has 0 aliphatic rings. The van der Waals surface area contributed by atoms with Crippen LogP contribution in [0, 0.1) is 10.1 Å². The number of hydrogen-bond donors (Lipinski definition) is 1. The summed E-state index contributed by atoms with van der Waals surface area (Å²) in [4.78, 5) is 36.7. The molecule has 0 spiro atoms. The minimum atomic E-state index is -1.09. The lowest BCUT2D eigenvalue weighted by atomic mass is 10.2. The van der Waals surface area contributed by atoms with E-state index in [1.165, 1.54) is 19.2 Å². The summed E-state index contributed by atoms with van der Waals surface area (Å²) in [7, 11) is 0. The van der Waals surface area contributed by atoms with E-state index in [2.05, 4.69) is 4.98 Å². The average molecular weight is 253 g/mol. The first-order valence-corrected chi connectivity index (χ1v) is 5.01. The third-order valence-corrected chi connectivity index (χ3v) is 2.19. The molecule has 0 radical (unpaired) electrons. The van der Waals surface area contributed by atoms with Gasteiger partial charge in [0, 0.05) is 19.7 Å². The summed E-state index contributed by atoms with van der Waals surface area (Å²) in [5, 5.41) is 19.4. The fourth-order valence-corrected chi connectivity index (χ4v) is 1.40. The van der Waals surface area contributed by atoms with E-state index in [0.717, 1.165) is 11.1 Å². The lowest BCUT2D eigenvalue weighted by molar-refractivity contribution is -0.384. The van der Waals surface area contributed by atoms with E-state index in [9.17, 15) is 19.7 Å². The van der Waals surface area contributed by atoms with Gasteiger partial charge in [0.15, 0.2) is 0 Å². The van der Waals surface area contributed by atoms with Gasteiger partial charge in [0.2, 0.25) is 5.91 Å². The first-order valence-electron chi connectivity index (χ1n) is 5.01. The summed E-state index contributed by atoms with van der Waals surface area (Å²) < 4.78 is 0. The molecule has 0 fully saturated rings. The molecule has 1 N–H and O–H groups in total. The molecule has 8 nitrogen and oxygen atoms in total. The van der Waals surface area contributed by atoms with E-state index in [1.807, 2.05) is 0 Å². The van der Waals surface area contributed by atoms with Crippen LogP contribution in [0.2, 0.25) is 0 Å². The number of carboxylic acids is 1. The van der Waals surface area contributed by atoms with Crippen LogP contribution in [0.4, 0.5) is 11.4 Å². The Balaban J connectivity index is 3.09. The fraction of sp³-hybridized carbons (Fsp3) is 0.300. The summed E-state index contributed by atoms with van der Waals surface area (Å²) in [6.45, 7) is 1.08. The quantitative estimate of drug-likeness (QED) is 0.613. The van der Waals surface area contributed by atoms with Gasteiger partial charge in [-0.25, -0.2) is 0 Å². The first-order chi connectivity index (χ1) is 8.43. The first kappa shape index (κ1) is 13.6. The second-order valence-electron chi connectivity index (χ2n) is 3.44. The van der Waals surface area contributed by atoms with Crippen molar-refractivity contribution in [3.63, 3.8) is 0 Å². The van der Waals surface area contributed by atoms with Crippen LogP contribution in [0.25, 0.3) is 0 Å². The largest absolute Gasteiger partial charge is 0.481 e. The van der Waals surface area contributed by atoms with Gasteiger partial charge in [-0.1, -0.05) is 0 Å².